The van der Waals surface area contributed by atoms with E-state index in [4.69, 9.17) is 5.11 Å². The van der Waals surface area contributed by atoms with Crippen LogP contribution in [0, 0.1) is 6.92 Å². The molecule has 0 radical (unpaired) electrons. The fourth-order valence-corrected chi connectivity index (χ4v) is 2.27. The second-order valence-electron chi connectivity index (χ2n) is 4.05. The van der Waals surface area contributed by atoms with Crippen LogP contribution in [0.2, 0.25) is 0 Å². The Bertz CT molecular complexity index is 508. The summed E-state index contributed by atoms with van der Waals surface area (Å²) in [6.07, 6.45) is 1.77. The maximum atomic E-state index is 10.9. The van der Waals surface area contributed by atoms with E-state index in [2.05, 4.69) is 4.98 Å². The molecule has 5 heteroatoms. The van der Waals surface area contributed by atoms with E-state index in [0.717, 1.165) is 16.1 Å². The van der Waals surface area contributed by atoms with Crippen molar-refractivity contribution in [3.05, 3.63) is 46.4 Å². The minimum Gasteiger partial charge on any atom is -0.480 e. The third-order valence-electron chi connectivity index (χ3n) is 2.56. The lowest BCUT2D eigenvalue weighted by atomic mass is 10.2. The SMILES string of the molecule is Cc1ccc(N(CC(=O)O)Cc2cncs2)cc1. The summed E-state index contributed by atoms with van der Waals surface area (Å²) in [6.45, 7) is 2.56. The summed E-state index contributed by atoms with van der Waals surface area (Å²) in [5.41, 5.74) is 3.83. The van der Waals surface area contributed by atoms with Crippen LogP contribution < -0.4 is 4.90 Å². The monoisotopic (exact) mass is 262 g/mol. The Kier molecular flexibility index (Phi) is 3.94. The third-order valence-corrected chi connectivity index (χ3v) is 3.32. The van der Waals surface area contributed by atoms with Crippen LogP contribution in [-0.2, 0) is 11.3 Å². The number of rotatable bonds is 5. The highest BCUT2D eigenvalue weighted by Crippen LogP contribution is 2.19. The van der Waals surface area contributed by atoms with Gasteiger partial charge in [-0.25, -0.2) is 0 Å². The van der Waals surface area contributed by atoms with Crippen LogP contribution in [0.4, 0.5) is 5.69 Å². The highest BCUT2D eigenvalue weighted by molar-refractivity contribution is 7.09. The molecule has 94 valence electrons. The first-order chi connectivity index (χ1) is 8.65. The van der Waals surface area contributed by atoms with E-state index >= 15 is 0 Å². The van der Waals surface area contributed by atoms with Crippen LogP contribution in [0.25, 0.3) is 0 Å². The third kappa shape index (κ3) is 3.30. The zero-order valence-electron chi connectivity index (χ0n) is 10.0. The van der Waals surface area contributed by atoms with Gasteiger partial charge in [-0.05, 0) is 19.1 Å². The molecule has 0 saturated heterocycles. The molecule has 0 amide bonds. The number of benzene rings is 1. The van der Waals surface area contributed by atoms with E-state index in [-0.39, 0.29) is 6.54 Å². The first kappa shape index (κ1) is 12.6. The van der Waals surface area contributed by atoms with Crippen molar-refractivity contribution in [2.45, 2.75) is 13.5 Å². The van der Waals surface area contributed by atoms with E-state index in [9.17, 15) is 4.79 Å². The molecule has 1 heterocycles. The summed E-state index contributed by atoms with van der Waals surface area (Å²) < 4.78 is 0. The number of carbonyl (C=O) groups is 1. The summed E-state index contributed by atoms with van der Waals surface area (Å²) in [7, 11) is 0. The van der Waals surface area contributed by atoms with Crippen LogP contribution in [0.15, 0.2) is 36.0 Å². The number of carboxylic acids is 1. The molecule has 0 unspecified atom stereocenters. The van der Waals surface area contributed by atoms with E-state index in [1.54, 1.807) is 11.7 Å². The van der Waals surface area contributed by atoms with Gasteiger partial charge in [-0.15, -0.1) is 11.3 Å². The molecule has 2 rings (SSSR count). The first-order valence-corrected chi connectivity index (χ1v) is 6.44. The van der Waals surface area contributed by atoms with Crippen LogP contribution in [0.1, 0.15) is 10.4 Å². The Morgan fingerprint density at radius 3 is 2.67 bits per heavy atom. The number of hydrogen-bond acceptors (Lipinski definition) is 4. The normalized spacial score (nSPS) is 10.3. The molecular weight excluding hydrogens is 248 g/mol. The molecule has 0 aliphatic carbocycles. The number of nitrogens with zero attached hydrogens (tertiary/aromatic N) is 2. The summed E-state index contributed by atoms with van der Waals surface area (Å²) >= 11 is 1.53. The van der Waals surface area contributed by atoms with Crippen LogP contribution in [0.5, 0.6) is 0 Å². The highest BCUT2D eigenvalue weighted by atomic mass is 32.1. The van der Waals surface area contributed by atoms with Crippen molar-refractivity contribution in [1.29, 1.82) is 0 Å². The molecule has 0 atom stereocenters. The number of hydrogen-bond donors (Lipinski definition) is 1. The van der Waals surface area contributed by atoms with Gasteiger partial charge in [0, 0.05) is 16.8 Å². The molecule has 0 spiro atoms. The average molecular weight is 262 g/mol. The van der Waals surface area contributed by atoms with Crippen LogP contribution >= 0.6 is 11.3 Å². The Morgan fingerprint density at radius 1 is 1.39 bits per heavy atom. The Morgan fingerprint density at radius 2 is 2.11 bits per heavy atom. The average Bonchev–Trinajstić information content (AvgIpc) is 2.81. The summed E-state index contributed by atoms with van der Waals surface area (Å²) in [6, 6.07) is 7.85. The number of aryl methyl sites for hydroxylation is 1. The molecule has 4 nitrogen and oxygen atoms in total. The van der Waals surface area contributed by atoms with Crippen molar-refractivity contribution in [3.63, 3.8) is 0 Å². The quantitative estimate of drug-likeness (QED) is 0.899. The van der Waals surface area contributed by atoms with Gasteiger partial charge >= 0.3 is 5.97 Å². The number of aromatic nitrogens is 1. The highest BCUT2D eigenvalue weighted by Gasteiger charge is 2.12. The molecule has 0 fully saturated rings. The smallest absolute Gasteiger partial charge is 0.323 e. The van der Waals surface area contributed by atoms with Crippen molar-refractivity contribution >= 4 is 23.0 Å². The van der Waals surface area contributed by atoms with Gasteiger partial charge in [0.05, 0.1) is 12.1 Å². The second-order valence-corrected chi connectivity index (χ2v) is 5.02. The molecule has 0 aliphatic heterocycles. The van der Waals surface area contributed by atoms with Crippen molar-refractivity contribution in [2.24, 2.45) is 0 Å². The molecule has 1 aromatic carbocycles. The van der Waals surface area contributed by atoms with E-state index in [0.29, 0.717) is 6.54 Å². The largest absolute Gasteiger partial charge is 0.480 e. The van der Waals surface area contributed by atoms with Crippen molar-refractivity contribution in [1.82, 2.24) is 4.98 Å². The number of anilines is 1. The van der Waals surface area contributed by atoms with Gasteiger partial charge in [0.15, 0.2) is 0 Å². The number of carboxylic acid groups (broad SMARTS) is 1. The summed E-state index contributed by atoms with van der Waals surface area (Å²) in [5, 5.41) is 8.97. The number of aliphatic carboxylic acids is 1. The summed E-state index contributed by atoms with van der Waals surface area (Å²) in [5.74, 6) is -0.833. The van der Waals surface area contributed by atoms with Gasteiger partial charge < -0.3 is 10.0 Å². The lowest BCUT2D eigenvalue weighted by molar-refractivity contribution is -0.135. The fourth-order valence-electron chi connectivity index (χ4n) is 1.67. The number of thiazole rings is 1. The van der Waals surface area contributed by atoms with E-state index in [1.165, 1.54) is 11.3 Å². The summed E-state index contributed by atoms with van der Waals surface area (Å²) in [4.78, 5) is 17.8. The Balaban J connectivity index is 2.19. The molecule has 0 bridgehead atoms. The van der Waals surface area contributed by atoms with Crippen LogP contribution in [-0.4, -0.2) is 22.6 Å². The van der Waals surface area contributed by atoms with Crippen LogP contribution in [0.3, 0.4) is 0 Å². The standard InChI is InChI=1S/C13H14N2O2S/c1-10-2-4-11(5-3-10)15(8-13(16)17)7-12-6-14-9-18-12/h2-6,9H,7-8H2,1H3,(H,16,17). The van der Waals surface area contributed by atoms with Crippen molar-refractivity contribution < 1.29 is 9.90 Å². The molecule has 1 N–H and O–H groups in total. The Labute approximate surface area is 110 Å². The topological polar surface area (TPSA) is 53.4 Å². The minimum atomic E-state index is -0.833. The van der Waals surface area contributed by atoms with Crippen molar-refractivity contribution in [3.8, 4) is 0 Å². The molecule has 2 aromatic rings. The van der Waals surface area contributed by atoms with E-state index in [1.807, 2.05) is 36.1 Å². The molecular formula is C13H14N2O2S. The maximum absolute atomic E-state index is 10.9. The van der Waals surface area contributed by atoms with E-state index < -0.39 is 5.97 Å². The zero-order chi connectivity index (χ0) is 13.0. The predicted molar refractivity (Wildman–Crippen MR) is 72.0 cm³/mol. The molecule has 0 saturated carbocycles. The zero-order valence-corrected chi connectivity index (χ0v) is 10.9. The molecule has 0 aliphatic rings. The predicted octanol–water partition coefficient (Wildman–Crippen LogP) is 2.54. The molecule has 1 aromatic heterocycles. The van der Waals surface area contributed by atoms with Crippen molar-refractivity contribution in [2.75, 3.05) is 11.4 Å². The van der Waals surface area contributed by atoms with Gasteiger partial charge in [0.2, 0.25) is 0 Å². The van der Waals surface area contributed by atoms with Gasteiger partial charge in [-0.2, -0.15) is 0 Å². The lowest BCUT2D eigenvalue weighted by Crippen LogP contribution is -2.28. The lowest BCUT2D eigenvalue weighted by Gasteiger charge is -2.22. The molecule has 18 heavy (non-hydrogen) atoms. The Hall–Kier alpha value is -1.88. The fraction of sp³-hybridized carbons (Fsp3) is 0.231. The maximum Gasteiger partial charge on any atom is 0.323 e. The first-order valence-electron chi connectivity index (χ1n) is 5.56. The van der Waals surface area contributed by atoms with Gasteiger partial charge in [0.25, 0.3) is 0 Å². The van der Waals surface area contributed by atoms with Gasteiger partial charge in [0.1, 0.15) is 6.54 Å². The second kappa shape index (κ2) is 5.64. The minimum absolute atomic E-state index is 0.0129. The van der Waals surface area contributed by atoms with Gasteiger partial charge in [-0.3, -0.25) is 9.78 Å². The van der Waals surface area contributed by atoms with Gasteiger partial charge in [-0.1, -0.05) is 17.7 Å².